The van der Waals surface area contributed by atoms with Gasteiger partial charge < -0.3 is 9.47 Å². The van der Waals surface area contributed by atoms with Crippen molar-refractivity contribution >= 4 is 38.9 Å². The van der Waals surface area contributed by atoms with Crippen molar-refractivity contribution in [3.8, 4) is 11.5 Å². The highest BCUT2D eigenvalue weighted by Crippen LogP contribution is 2.37. The highest BCUT2D eigenvalue weighted by atomic mass is 35.5. The lowest BCUT2D eigenvalue weighted by molar-refractivity contribution is 0.171. The first kappa shape index (κ1) is 17.9. The Bertz CT molecular complexity index is 915. The zero-order valence-corrected chi connectivity index (χ0v) is 15.4. The van der Waals surface area contributed by atoms with E-state index in [2.05, 4.69) is 6.58 Å². The molecule has 0 saturated carbocycles. The van der Waals surface area contributed by atoms with Gasteiger partial charge in [0.25, 0.3) is 10.0 Å². The standard InChI is InChI=1S/C17H15Cl2NO4S/c1-2-8-20(14-5-3-4-13(18)17(14)19)25(21,22)12-6-7-15-16(11-12)24-10-9-23-15/h2-7,11H,1,8-10H2. The number of anilines is 1. The van der Waals surface area contributed by atoms with Crippen LogP contribution in [0.15, 0.2) is 53.9 Å². The molecule has 0 N–H and O–H groups in total. The number of fused-ring (bicyclic) bond motifs is 1. The fraction of sp³-hybridized carbons (Fsp3) is 0.176. The highest BCUT2D eigenvalue weighted by molar-refractivity contribution is 7.92. The molecule has 1 aliphatic heterocycles. The van der Waals surface area contributed by atoms with Gasteiger partial charge in [0.05, 0.1) is 27.2 Å². The zero-order valence-electron chi connectivity index (χ0n) is 13.1. The summed E-state index contributed by atoms with van der Waals surface area (Å²) in [6, 6.07) is 9.31. The van der Waals surface area contributed by atoms with Gasteiger partial charge in [0.1, 0.15) is 13.2 Å². The van der Waals surface area contributed by atoms with Crippen LogP contribution in [0.25, 0.3) is 0 Å². The van der Waals surface area contributed by atoms with E-state index < -0.39 is 10.0 Å². The molecule has 3 rings (SSSR count). The van der Waals surface area contributed by atoms with E-state index in [1.165, 1.54) is 18.2 Å². The Morgan fingerprint density at radius 3 is 2.56 bits per heavy atom. The van der Waals surface area contributed by atoms with Crippen LogP contribution in [-0.4, -0.2) is 28.2 Å². The van der Waals surface area contributed by atoms with E-state index in [1.807, 2.05) is 0 Å². The van der Waals surface area contributed by atoms with Crippen LogP contribution in [0.3, 0.4) is 0 Å². The highest BCUT2D eigenvalue weighted by Gasteiger charge is 2.28. The second kappa shape index (κ2) is 7.15. The van der Waals surface area contributed by atoms with Gasteiger partial charge in [0.2, 0.25) is 0 Å². The minimum Gasteiger partial charge on any atom is -0.486 e. The van der Waals surface area contributed by atoms with Gasteiger partial charge in [-0.1, -0.05) is 35.3 Å². The largest absolute Gasteiger partial charge is 0.486 e. The first-order valence-corrected chi connectivity index (χ1v) is 9.62. The molecule has 1 heterocycles. The van der Waals surface area contributed by atoms with Gasteiger partial charge >= 0.3 is 0 Å². The summed E-state index contributed by atoms with van der Waals surface area (Å²) in [6.45, 7) is 4.47. The van der Waals surface area contributed by atoms with Gasteiger partial charge in [-0.3, -0.25) is 4.31 Å². The Morgan fingerprint density at radius 1 is 1.12 bits per heavy atom. The van der Waals surface area contributed by atoms with Crippen molar-refractivity contribution in [2.24, 2.45) is 0 Å². The minimum absolute atomic E-state index is 0.0385. The molecule has 2 aromatic rings. The van der Waals surface area contributed by atoms with Crippen LogP contribution in [0.1, 0.15) is 0 Å². The van der Waals surface area contributed by atoms with Crippen LogP contribution in [0.4, 0.5) is 5.69 Å². The molecule has 8 heteroatoms. The zero-order chi connectivity index (χ0) is 18.0. The SMILES string of the molecule is C=CCN(c1cccc(Cl)c1Cl)S(=O)(=O)c1ccc2c(c1)OCCO2. The van der Waals surface area contributed by atoms with Crippen molar-refractivity contribution in [1.29, 1.82) is 0 Å². The van der Waals surface area contributed by atoms with Crippen LogP contribution < -0.4 is 13.8 Å². The van der Waals surface area contributed by atoms with Gasteiger partial charge in [-0.15, -0.1) is 6.58 Å². The fourth-order valence-electron chi connectivity index (χ4n) is 2.44. The van der Waals surface area contributed by atoms with Crippen LogP contribution in [0.5, 0.6) is 11.5 Å². The van der Waals surface area contributed by atoms with Crippen LogP contribution in [-0.2, 0) is 10.0 Å². The summed E-state index contributed by atoms with van der Waals surface area (Å²) in [7, 11) is -3.91. The number of hydrogen-bond donors (Lipinski definition) is 0. The summed E-state index contributed by atoms with van der Waals surface area (Å²) in [5, 5.41) is 0.428. The summed E-state index contributed by atoms with van der Waals surface area (Å²) in [4.78, 5) is 0.0645. The molecule has 0 unspecified atom stereocenters. The van der Waals surface area contributed by atoms with E-state index in [4.69, 9.17) is 32.7 Å². The topological polar surface area (TPSA) is 55.8 Å². The first-order valence-electron chi connectivity index (χ1n) is 7.42. The third kappa shape index (κ3) is 3.42. The third-order valence-electron chi connectivity index (χ3n) is 3.60. The monoisotopic (exact) mass is 399 g/mol. The average molecular weight is 400 g/mol. The lowest BCUT2D eigenvalue weighted by Crippen LogP contribution is -2.31. The number of halogens is 2. The number of nitrogens with zero attached hydrogens (tertiary/aromatic N) is 1. The molecule has 0 aromatic heterocycles. The smallest absolute Gasteiger partial charge is 0.264 e. The van der Waals surface area contributed by atoms with Gasteiger partial charge in [0, 0.05) is 6.07 Å². The van der Waals surface area contributed by atoms with Crippen molar-refractivity contribution in [3.05, 3.63) is 59.1 Å². The van der Waals surface area contributed by atoms with E-state index in [1.54, 1.807) is 24.3 Å². The molecule has 0 saturated heterocycles. The Hall–Kier alpha value is -1.89. The third-order valence-corrected chi connectivity index (χ3v) is 6.18. The van der Waals surface area contributed by atoms with Crippen LogP contribution >= 0.6 is 23.2 Å². The number of sulfonamides is 1. The molecule has 0 spiro atoms. The summed E-state index contributed by atoms with van der Waals surface area (Å²) in [6.07, 6.45) is 1.48. The van der Waals surface area contributed by atoms with Crippen molar-refractivity contribution in [2.75, 3.05) is 24.1 Å². The van der Waals surface area contributed by atoms with Crippen molar-refractivity contribution < 1.29 is 17.9 Å². The van der Waals surface area contributed by atoms with E-state index in [0.717, 1.165) is 4.31 Å². The molecule has 0 fully saturated rings. The average Bonchev–Trinajstić information content (AvgIpc) is 2.62. The quantitative estimate of drug-likeness (QED) is 0.708. The molecular formula is C17H15Cl2NO4S. The van der Waals surface area contributed by atoms with E-state index >= 15 is 0 Å². The normalized spacial score (nSPS) is 13.4. The summed E-state index contributed by atoms with van der Waals surface area (Å²) in [5.74, 6) is 0.907. The van der Waals surface area contributed by atoms with E-state index in [-0.39, 0.29) is 27.2 Å². The van der Waals surface area contributed by atoms with E-state index in [0.29, 0.717) is 24.7 Å². The lowest BCUT2D eigenvalue weighted by atomic mass is 10.3. The second-order valence-electron chi connectivity index (χ2n) is 5.20. The lowest BCUT2D eigenvalue weighted by Gasteiger charge is -2.25. The van der Waals surface area contributed by atoms with E-state index in [9.17, 15) is 8.42 Å². The number of rotatable bonds is 5. The molecular weight excluding hydrogens is 385 g/mol. The van der Waals surface area contributed by atoms with Crippen LogP contribution in [0.2, 0.25) is 10.0 Å². The summed E-state index contributed by atoms with van der Waals surface area (Å²) in [5.41, 5.74) is 0.281. The van der Waals surface area contributed by atoms with Gasteiger partial charge in [0.15, 0.2) is 11.5 Å². The number of ether oxygens (including phenoxy) is 2. The maximum Gasteiger partial charge on any atom is 0.264 e. The Labute approximate surface area is 156 Å². The van der Waals surface area contributed by atoms with Crippen molar-refractivity contribution in [2.45, 2.75) is 4.90 Å². The Kier molecular flexibility index (Phi) is 5.13. The predicted octanol–water partition coefficient (Wildman–Crippen LogP) is 4.15. The predicted molar refractivity (Wildman–Crippen MR) is 98.6 cm³/mol. The molecule has 0 aliphatic carbocycles. The fourth-order valence-corrected chi connectivity index (χ4v) is 4.35. The van der Waals surface area contributed by atoms with Gasteiger partial charge in [-0.2, -0.15) is 0 Å². The summed E-state index contributed by atoms with van der Waals surface area (Å²) < 4.78 is 38.4. The molecule has 0 atom stereocenters. The summed E-state index contributed by atoms with van der Waals surface area (Å²) >= 11 is 12.2. The van der Waals surface area contributed by atoms with Crippen molar-refractivity contribution in [3.63, 3.8) is 0 Å². The first-order chi connectivity index (χ1) is 11.9. The molecule has 5 nitrogen and oxygen atoms in total. The van der Waals surface area contributed by atoms with Gasteiger partial charge in [-0.25, -0.2) is 8.42 Å². The van der Waals surface area contributed by atoms with Crippen LogP contribution in [0, 0.1) is 0 Å². The number of hydrogen-bond acceptors (Lipinski definition) is 4. The molecule has 0 radical (unpaired) electrons. The maximum atomic E-state index is 13.2. The van der Waals surface area contributed by atoms with Gasteiger partial charge in [-0.05, 0) is 24.3 Å². The molecule has 132 valence electrons. The molecule has 0 bridgehead atoms. The number of benzene rings is 2. The molecule has 25 heavy (non-hydrogen) atoms. The molecule has 0 amide bonds. The second-order valence-corrected chi connectivity index (χ2v) is 7.85. The van der Waals surface area contributed by atoms with Crippen molar-refractivity contribution in [1.82, 2.24) is 0 Å². The Balaban J connectivity index is 2.09. The Morgan fingerprint density at radius 2 is 1.84 bits per heavy atom. The molecule has 2 aromatic carbocycles. The maximum absolute atomic E-state index is 13.2. The molecule has 1 aliphatic rings. The minimum atomic E-state index is -3.91.